The van der Waals surface area contributed by atoms with Crippen molar-refractivity contribution in [2.24, 2.45) is 5.73 Å². The van der Waals surface area contributed by atoms with Crippen LogP contribution in [0.5, 0.6) is 0 Å². The van der Waals surface area contributed by atoms with Crippen LogP contribution in [0.2, 0.25) is 0 Å². The van der Waals surface area contributed by atoms with Crippen molar-refractivity contribution in [1.29, 1.82) is 0 Å². The van der Waals surface area contributed by atoms with Gasteiger partial charge >= 0.3 is 6.09 Å². The fraction of sp³-hybridized carbons (Fsp3) is 0.364. The zero-order valence-electron chi connectivity index (χ0n) is 8.94. The first-order valence-corrected chi connectivity index (χ1v) is 5.04. The quantitative estimate of drug-likeness (QED) is 0.731. The maximum Gasteiger partial charge on any atom is 0.414 e. The number of nitrogens with two attached hydrogens (primary N) is 1. The molecule has 0 radical (unpaired) electrons. The van der Waals surface area contributed by atoms with Crippen LogP contribution in [0.15, 0.2) is 18.2 Å². The lowest BCUT2D eigenvalue weighted by Gasteiger charge is -2.31. The summed E-state index contributed by atoms with van der Waals surface area (Å²) in [7, 11) is 1.32. The van der Waals surface area contributed by atoms with Gasteiger partial charge in [0, 0.05) is 12.6 Å². The molecular formula is C11H13FN2O2. The molecule has 5 heteroatoms. The van der Waals surface area contributed by atoms with Gasteiger partial charge < -0.3 is 10.5 Å². The summed E-state index contributed by atoms with van der Waals surface area (Å²) in [5.74, 6) is -0.346. The van der Waals surface area contributed by atoms with Crippen molar-refractivity contribution in [3.63, 3.8) is 0 Å². The fourth-order valence-corrected chi connectivity index (χ4v) is 1.91. The van der Waals surface area contributed by atoms with E-state index in [9.17, 15) is 9.18 Å². The molecule has 0 aliphatic carbocycles. The number of methoxy groups -OCH3 is 1. The maximum atomic E-state index is 13.1. The van der Waals surface area contributed by atoms with Gasteiger partial charge in [-0.25, -0.2) is 9.18 Å². The predicted molar refractivity (Wildman–Crippen MR) is 57.7 cm³/mol. The summed E-state index contributed by atoms with van der Waals surface area (Å²) in [5.41, 5.74) is 7.15. The first-order chi connectivity index (χ1) is 7.63. The molecule has 1 amide bonds. The molecule has 0 spiro atoms. The molecule has 1 aromatic rings. The first kappa shape index (κ1) is 10.9. The molecule has 1 aliphatic rings. The van der Waals surface area contributed by atoms with E-state index in [1.165, 1.54) is 24.1 Å². The average Bonchev–Trinajstić information content (AvgIpc) is 2.29. The highest BCUT2D eigenvalue weighted by Crippen LogP contribution is 2.33. The van der Waals surface area contributed by atoms with Gasteiger partial charge in [-0.15, -0.1) is 0 Å². The third-order valence-electron chi connectivity index (χ3n) is 2.74. The van der Waals surface area contributed by atoms with Crippen LogP contribution < -0.4 is 10.6 Å². The van der Waals surface area contributed by atoms with Crippen molar-refractivity contribution in [3.8, 4) is 0 Å². The van der Waals surface area contributed by atoms with Crippen LogP contribution in [0.3, 0.4) is 0 Å². The summed E-state index contributed by atoms with van der Waals surface area (Å²) in [4.78, 5) is 13.0. The molecule has 16 heavy (non-hydrogen) atoms. The number of anilines is 1. The van der Waals surface area contributed by atoms with Gasteiger partial charge in [-0.05, 0) is 30.2 Å². The number of nitrogens with zero attached hydrogens (tertiary/aromatic N) is 1. The lowest BCUT2D eigenvalue weighted by Crippen LogP contribution is -2.38. The Morgan fingerprint density at radius 3 is 3.06 bits per heavy atom. The van der Waals surface area contributed by atoms with E-state index >= 15 is 0 Å². The molecule has 0 saturated heterocycles. The van der Waals surface area contributed by atoms with Crippen LogP contribution in [0, 0.1) is 5.82 Å². The van der Waals surface area contributed by atoms with Crippen molar-refractivity contribution in [3.05, 3.63) is 29.6 Å². The van der Waals surface area contributed by atoms with E-state index in [-0.39, 0.29) is 11.9 Å². The minimum absolute atomic E-state index is 0.230. The third kappa shape index (κ3) is 1.74. The SMILES string of the molecule is COC(=O)N1CCC(N)c2cc(F)ccc21. The smallest absolute Gasteiger partial charge is 0.414 e. The number of carbonyl (C=O) groups is 1. The number of ether oxygens (including phenoxy) is 1. The molecular weight excluding hydrogens is 211 g/mol. The molecule has 0 fully saturated rings. The third-order valence-corrected chi connectivity index (χ3v) is 2.74. The van der Waals surface area contributed by atoms with E-state index in [0.717, 1.165) is 0 Å². The summed E-state index contributed by atoms with van der Waals surface area (Å²) in [6, 6.07) is 4.01. The van der Waals surface area contributed by atoms with Crippen molar-refractivity contribution in [2.45, 2.75) is 12.5 Å². The minimum atomic E-state index is -0.445. The Bertz CT molecular complexity index is 422. The van der Waals surface area contributed by atoms with E-state index in [0.29, 0.717) is 24.2 Å². The van der Waals surface area contributed by atoms with Gasteiger partial charge in [-0.3, -0.25) is 4.90 Å². The second-order valence-corrected chi connectivity index (χ2v) is 3.72. The number of hydrogen-bond acceptors (Lipinski definition) is 3. The van der Waals surface area contributed by atoms with Crippen molar-refractivity contribution in [2.75, 3.05) is 18.6 Å². The normalized spacial score (nSPS) is 19.2. The lowest BCUT2D eigenvalue weighted by atomic mass is 9.97. The molecule has 1 unspecified atom stereocenters. The monoisotopic (exact) mass is 224 g/mol. The van der Waals surface area contributed by atoms with Gasteiger partial charge in [0.05, 0.1) is 12.8 Å². The van der Waals surface area contributed by atoms with Crippen LogP contribution >= 0.6 is 0 Å². The van der Waals surface area contributed by atoms with Crippen LogP contribution in [0.25, 0.3) is 0 Å². The number of halogens is 1. The summed E-state index contributed by atoms with van der Waals surface area (Å²) < 4.78 is 17.8. The maximum absolute atomic E-state index is 13.1. The summed E-state index contributed by atoms with van der Waals surface area (Å²) in [6.45, 7) is 0.493. The zero-order valence-corrected chi connectivity index (χ0v) is 8.94. The Morgan fingerprint density at radius 1 is 1.62 bits per heavy atom. The predicted octanol–water partition coefficient (Wildman–Crippen LogP) is 1.80. The number of carbonyl (C=O) groups excluding carboxylic acids is 1. The number of hydrogen-bond donors (Lipinski definition) is 1. The minimum Gasteiger partial charge on any atom is -0.452 e. The highest BCUT2D eigenvalue weighted by Gasteiger charge is 2.27. The molecule has 86 valence electrons. The average molecular weight is 224 g/mol. The molecule has 0 aromatic heterocycles. The topological polar surface area (TPSA) is 55.6 Å². The Kier molecular flexibility index (Phi) is 2.78. The van der Waals surface area contributed by atoms with E-state index in [1.807, 2.05) is 0 Å². The molecule has 0 saturated carbocycles. The molecule has 4 nitrogen and oxygen atoms in total. The van der Waals surface area contributed by atoms with E-state index in [1.54, 1.807) is 6.07 Å². The van der Waals surface area contributed by atoms with Crippen molar-refractivity contribution < 1.29 is 13.9 Å². The Balaban J connectivity index is 2.44. The Hall–Kier alpha value is -1.62. The number of rotatable bonds is 0. The number of fused-ring (bicyclic) bond motifs is 1. The van der Waals surface area contributed by atoms with Crippen molar-refractivity contribution in [1.82, 2.24) is 0 Å². The lowest BCUT2D eigenvalue weighted by molar-refractivity contribution is 0.178. The zero-order chi connectivity index (χ0) is 11.7. The summed E-state index contributed by atoms with van der Waals surface area (Å²) in [5, 5.41) is 0. The van der Waals surface area contributed by atoms with Gasteiger partial charge in [0.1, 0.15) is 5.82 Å². The molecule has 2 rings (SSSR count). The summed E-state index contributed by atoms with van der Waals surface area (Å²) in [6.07, 6.45) is 0.158. The number of amides is 1. The molecule has 1 aromatic carbocycles. The van der Waals surface area contributed by atoms with Gasteiger partial charge in [-0.1, -0.05) is 0 Å². The second kappa shape index (κ2) is 4.09. The van der Waals surface area contributed by atoms with Crippen LogP contribution in [-0.4, -0.2) is 19.7 Å². The van der Waals surface area contributed by atoms with Gasteiger partial charge in [0.25, 0.3) is 0 Å². The van der Waals surface area contributed by atoms with E-state index in [2.05, 4.69) is 4.74 Å². The highest BCUT2D eigenvalue weighted by atomic mass is 19.1. The summed E-state index contributed by atoms with van der Waals surface area (Å²) >= 11 is 0. The molecule has 1 atom stereocenters. The second-order valence-electron chi connectivity index (χ2n) is 3.72. The molecule has 1 heterocycles. The van der Waals surface area contributed by atoms with Crippen molar-refractivity contribution >= 4 is 11.8 Å². The molecule has 0 bridgehead atoms. The molecule has 2 N–H and O–H groups in total. The van der Waals surface area contributed by atoms with Gasteiger partial charge in [0.2, 0.25) is 0 Å². The van der Waals surface area contributed by atoms with E-state index < -0.39 is 6.09 Å². The highest BCUT2D eigenvalue weighted by molar-refractivity contribution is 5.89. The Morgan fingerprint density at radius 2 is 2.38 bits per heavy atom. The fourth-order valence-electron chi connectivity index (χ4n) is 1.91. The number of benzene rings is 1. The van der Waals surface area contributed by atoms with Crippen LogP contribution in [-0.2, 0) is 4.74 Å². The standard InChI is InChI=1S/C11H13FN2O2/c1-16-11(15)14-5-4-9(13)8-6-7(12)2-3-10(8)14/h2-3,6,9H,4-5,13H2,1H3. The van der Waals surface area contributed by atoms with Gasteiger partial charge in [0.15, 0.2) is 0 Å². The first-order valence-electron chi connectivity index (χ1n) is 5.04. The largest absolute Gasteiger partial charge is 0.452 e. The van der Waals surface area contributed by atoms with Gasteiger partial charge in [-0.2, -0.15) is 0 Å². The molecule has 1 aliphatic heterocycles. The van der Waals surface area contributed by atoms with Crippen LogP contribution in [0.4, 0.5) is 14.9 Å². The van der Waals surface area contributed by atoms with E-state index in [4.69, 9.17) is 5.73 Å². The van der Waals surface area contributed by atoms with Crippen LogP contribution in [0.1, 0.15) is 18.0 Å². The Labute approximate surface area is 92.8 Å².